The number of imidazole rings is 1. The number of hydrogen-bond acceptors (Lipinski definition) is 4. The fourth-order valence-corrected chi connectivity index (χ4v) is 5.04. The van der Waals surface area contributed by atoms with Gasteiger partial charge in [0.25, 0.3) is 5.91 Å². The highest BCUT2D eigenvalue weighted by Gasteiger charge is 2.19. The van der Waals surface area contributed by atoms with Crippen molar-refractivity contribution in [1.29, 1.82) is 0 Å². The van der Waals surface area contributed by atoms with Crippen molar-refractivity contribution in [3.05, 3.63) is 90.0 Å². The summed E-state index contributed by atoms with van der Waals surface area (Å²) >= 11 is 1.42. The van der Waals surface area contributed by atoms with Crippen molar-refractivity contribution in [2.45, 2.75) is 24.5 Å². The molecule has 0 radical (unpaired) electrons. The minimum absolute atomic E-state index is 0.0612. The maximum atomic E-state index is 12.6. The van der Waals surface area contributed by atoms with Crippen LogP contribution >= 0.6 is 11.8 Å². The van der Waals surface area contributed by atoms with E-state index in [1.165, 1.54) is 11.8 Å². The fourth-order valence-electron chi connectivity index (χ4n) is 4.18. The molecule has 0 saturated carbocycles. The number of fused-ring (bicyclic) bond motifs is 1. The Morgan fingerprint density at radius 1 is 0.882 bits per heavy atom. The first-order valence-electron chi connectivity index (χ1n) is 11.5. The van der Waals surface area contributed by atoms with Crippen molar-refractivity contribution >= 4 is 34.6 Å². The lowest BCUT2D eigenvalue weighted by molar-refractivity contribution is -0.118. The molecule has 34 heavy (non-hydrogen) atoms. The third kappa shape index (κ3) is 4.84. The topological polar surface area (TPSA) is 67.2 Å². The number of carbonyl (C=O) groups is 2. The number of amides is 2. The Bertz CT molecular complexity index is 1300. The minimum Gasteiger partial charge on any atom is -0.351 e. The lowest BCUT2D eigenvalue weighted by atomic mass is 10.1. The number of hydrogen-bond donors (Lipinski definition) is 1. The number of nitrogens with zero attached hydrogens (tertiary/aromatic N) is 3. The van der Waals surface area contributed by atoms with Crippen LogP contribution in [-0.4, -0.2) is 45.1 Å². The predicted octanol–water partition coefficient (Wildman–Crippen LogP) is 4.67. The van der Waals surface area contributed by atoms with Crippen LogP contribution in [-0.2, 0) is 11.3 Å². The lowest BCUT2D eigenvalue weighted by Gasteiger charge is -2.15. The average Bonchev–Trinajstić information content (AvgIpc) is 3.55. The Morgan fingerprint density at radius 3 is 2.35 bits per heavy atom. The number of thioether (sulfide) groups is 1. The maximum absolute atomic E-state index is 12.6. The van der Waals surface area contributed by atoms with Gasteiger partial charge in [-0.15, -0.1) is 0 Å². The van der Waals surface area contributed by atoms with E-state index >= 15 is 0 Å². The van der Waals surface area contributed by atoms with Crippen LogP contribution < -0.4 is 5.32 Å². The van der Waals surface area contributed by atoms with Crippen LogP contribution in [0.1, 0.15) is 28.8 Å². The molecule has 0 bridgehead atoms. The summed E-state index contributed by atoms with van der Waals surface area (Å²) in [6, 6.07) is 25.5. The second-order valence-electron chi connectivity index (χ2n) is 8.32. The molecule has 1 saturated heterocycles. The van der Waals surface area contributed by atoms with E-state index in [9.17, 15) is 9.59 Å². The highest BCUT2D eigenvalue weighted by molar-refractivity contribution is 7.99. The molecule has 2 amide bonds. The number of aromatic nitrogens is 2. The molecule has 2 heterocycles. The second-order valence-corrected chi connectivity index (χ2v) is 9.26. The van der Waals surface area contributed by atoms with Crippen LogP contribution in [0.25, 0.3) is 16.7 Å². The van der Waals surface area contributed by atoms with Crippen LogP contribution in [0.4, 0.5) is 0 Å². The van der Waals surface area contributed by atoms with Crippen molar-refractivity contribution in [2.24, 2.45) is 0 Å². The Morgan fingerprint density at radius 2 is 1.59 bits per heavy atom. The number of likely N-dealkylation sites (tertiary alicyclic amines) is 1. The molecule has 0 aliphatic carbocycles. The van der Waals surface area contributed by atoms with E-state index in [0.29, 0.717) is 12.1 Å². The van der Waals surface area contributed by atoms with Gasteiger partial charge in [-0.1, -0.05) is 54.2 Å². The molecular weight excluding hydrogens is 444 g/mol. The van der Waals surface area contributed by atoms with Crippen molar-refractivity contribution in [1.82, 2.24) is 19.8 Å². The lowest BCUT2D eigenvalue weighted by Crippen LogP contribution is -2.27. The zero-order chi connectivity index (χ0) is 23.3. The Hall–Kier alpha value is -3.58. The molecule has 5 rings (SSSR count). The molecule has 4 aromatic rings. The van der Waals surface area contributed by atoms with E-state index in [1.807, 2.05) is 83.8 Å². The summed E-state index contributed by atoms with van der Waals surface area (Å²) in [7, 11) is 0. The first-order chi connectivity index (χ1) is 16.7. The first kappa shape index (κ1) is 22.2. The van der Waals surface area contributed by atoms with Gasteiger partial charge in [-0.05, 0) is 54.8 Å². The predicted molar refractivity (Wildman–Crippen MR) is 135 cm³/mol. The molecule has 172 valence electrons. The number of benzene rings is 3. The normalized spacial score (nSPS) is 13.4. The Kier molecular flexibility index (Phi) is 6.62. The van der Waals surface area contributed by atoms with Gasteiger partial charge in [-0.2, -0.15) is 0 Å². The first-order valence-corrected chi connectivity index (χ1v) is 12.5. The molecule has 1 aliphatic rings. The quantitative estimate of drug-likeness (QED) is 0.399. The van der Waals surface area contributed by atoms with Gasteiger partial charge in [0.05, 0.1) is 16.8 Å². The van der Waals surface area contributed by atoms with E-state index < -0.39 is 0 Å². The van der Waals surface area contributed by atoms with Gasteiger partial charge < -0.3 is 10.2 Å². The number of rotatable bonds is 7. The molecule has 1 fully saturated rings. The minimum atomic E-state index is -0.0612. The van der Waals surface area contributed by atoms with Gasteiger partial charge in [0.15, 0.2) is 5.16 Å². The summed E-state index contributed by atoms with van der Waals surface area (Å²) in [4.78, 5) is 31.7. The third-order valence-electron chi connectivity index (χ3n) is 5.96. The molecule has 3 aromatic carbocycles. The Balaban J connectivity index is 1.20. The van der Waals surface area contributed by atoms with E-state index in [-0.39, 0.29) is 17.6 Å². The van der Waals surface area contributed by atoms with E-state index in [0.717, 1.165) is 53.4 Å². The number of carbonyl (C=O) groups excluding carboxylic acids is 2. The van der Waals surface area contributed by atoms with Crippen LogP contribution in [0.15, 0.2) is 84.0 Å². The van der Waals surface area contributed by atoms with E-state index in [2.05, 4.69) is 9.88 Å². The standard InChI is InChI=1S/C27H26N4O2S/c32-25(28-18-20-12-14-21(15-13-20)26(33)30-16-6-7-17-30)19-34-27-29-23-10-4-5-11-24(23)31(27)22-8-2-1-3-9-22/h1-5,8-15H,6-7,16-19H2,(H,28,32). The van der Waals surface area contributed by atoms with Crippen LogP contribution in [0.2, 0.25) is 0 Å². The SMILES string of the molecule is O=C(CSc1nc2ccccc2n1-c1ccccc1)NCc1ccc(C(=O)N2CCCC2)cc1. The smallest absolute Gasteiger partial charge is 0.253 e. The van der Waals surface area contributed by atoms with Gasteiger partial charge in [0.2, 0.25) is 5.91 Å². The molecule has 1 N–H and O–H groups in total. The van der Waals surface area contributed by atoms with Gasteiger partial charge in [-0.3, -0.25) is 14.2 Å². The maximum Gasteiger partial charge on any atom is 0.253 e. The van der Waals surface area contributed by atoms with Gasteiger partial charge in [-0.25, -0.2) is 4.98 Å². The van der Waals surface area contributed by atoms with Crippen molar-refractivity contribution in [3.63, 3.8) is 0 Å². The van der Waals surface area contributed by atoms with Crippen LogP contribution in [0.3, 0.4) is 0 Å². The molecule has 6 nitrogen and oxygen atoms in total. The molecule has 1 aromatic heterocycles. The second kappa shape index (κ2) is 10.1. The molecule has 1 aliphatic heterocycles. The molecular formula is C27H26N4O2S. The highest BCUT2D eigenvalue weighted by atomic mass is 32.2. The highest BCUT2D eigenvalue weighted by Crippen LogP contribution is 2.27. The zero-order valence-electron chi connectivity index (χ0n) is 18.8. The number of nitrogens with one attached hydrogen (secondary N) is 1. The summed E-state index contributed by atoms with van der Waals surface area (Å²) < 4.78 is 2.09. The summed E-state index contributed by atoms with van der Waals surface area (Å²) in [6.45, 7) is 2.10. The molecule has 0 atom stereocenters. The zero-order valence-corrected chi connectivity index (χ0v) is 19.6. The van der Waals surface area contributed by atoms with Crippen molar-refractivity contribution in [3.8, 4) is 5.69 Å². The molecule has 0 spiro atoms. The third-order valence-corrected chi connectivity index (χ3v) is 6.90. The molecule has 7 heteroatoms. The van der Waals surface area contributed by atoms with Crippen LogP contribution in [0, 0.1) is 0 Å². The largest absolute Gasteiger partial charge is 0.351 e. The Labute approximate surface area is 203 Å². The fraction of sp³-hybridized carbons (Fsp3) is 0.222. The van der Waals surface area contributed by atoms with E-state index in [4.69, 9.17) is 4.98 Å². The summed E-state index contributed by atoms with van der Waals surface area (Å²) in [5, 5.41) is 3.76. The van der Waals surface area contributed by atoms with Gasteiger partial charge >= 0.3 is 0 Å². The summed E-state index contributed by atoms with van der Waals surface area (Å²) in [5.41, 5.74) is 4.60. The summed E-state index contributed by atoms with van der Waals surface area (Å²) in [6.07, 6.45) is 2.16. The van der Waals surface area contributed by atoms with Gasteiger partial charge in [0.1, 0.15) is 0 Å². The molecule has 0 unspecified atom stereocenters. The van der Waals surface area contributed by atoms with Crippen molar-refractivity contribution < 1.29 is 9.59 Å². The monoisotopic (exact) mass is 470 g/mol. The average molecular weight is 471 g/mol. The number of para-hydroxylation sites is 3. The van der Waals surface area contributed by atoms with Gasteiger partial charge in [0, 0.05) is 30.9 Å². The summed E-state index contributed by atoms with van der Waals surface area (Å²) in [5.74, 6) is 0.293. The van der Waals surface area contributed by atoms with Crippen LogP contribution in [0.5, 0.6) is 0 Å². The van der Waals surface area contributed by atoms with Crippen molar-refractivity contribution in [2.75, 3.05) is 18.8 Å². The van der Waals surface area contributed by atoms with E-state index in [1.54, 1.807) is 0 Å².